The van der Waals surface area contributed by atoms with E-state index in [1.165, 1.54) is 25.0 Å². The summed E-state index contributed by atoms with van der Waals surface area (Å²) < 4.78 is 13.3. The molecule has 2 aromatic rings. The van der Waals surface area contributed by atoms with Crippen LogP contribution in [0.5, 0.6) is 0 Å². The second-order valence-electron chi connectivity index (χ2n) is 7.42. The van der Waals surface area contributed by atoms with Crippen LogP contribution in [0.4, 0.5) is 15.2 Å². The molecule has 1 saturated heterocycles. The third kappa shape index (κ3) is 4.74. The lowest BCUT2D eigenvalue weighted by molar-refractivity contribution is -0.125. The van der Waals surface area contributed by atoms with Crippen molar-refractivity contribution in [1.82, 2.24) is 4.98 Å². The van der Waals surface area contributed by atoms with Crippen molar-refractivity contribution >= 4 is 40.5 Å². The summed E-state index contributed by atoms with van der Waals surface area (Å²) >= 11 is 1.63. The molecule has 0 spiro atoms. The minimum Gasteiger partial charge on any atom is -0.348 e. The lowest BCUT2D eigenvalue weighted by atomic mass is 9.94. The Morgan fingerprint density at radius 2 is 1.85 bits per heavy atom. The van der Waals surface area contributed by atoms with E-state index in [1.54, 1.807) is 28.4 Å². The van der Waals surface area contributed by atoms with Gasteiger partial charge in [-0.05, 0) is 37.1 Å². The first-order chi connectivity index (χ1) is 11.8. The van der Waals surface area contributed by atoms with Crippen molar-refractivity contribution < 1.29 is 9.18 Å². The maximum atomic E-state index is 13.3. The summed E-state index contributed by atoms with van der Waals surface area (Å²) in [5, 5.41) is 1.02. The lowest BCUT2D eigenvalue weighted by Gasteiger charge is -2.29. The fraction of sp³-hybridized carbons (Fsp3) is 0.474. The highest BCUT2D eigenvalue weighted by Gasteiger charge is 2.29. The maximum Gasteiger partial charge on any atom is 0.232 e. The molecular formula is C19H25ClFN3OS. The molecule has 2 heterocycles. The normalized spacial score (nSPS) is 14.2. The number of halogens is 2. The molecule has 0 saturated carbocycles. The molecule has 0 N–H and O–H groups in total. The molecule has 1 aromatic carbocycles. The Balaban J connectivity index is 0.00000243. The molecule has 26 heavy (non-hydrogen) atoms. The Bertz CT molecular complexity index is 736. The summed E-state index contributed by atoms with van der Waals surface area (Å²) in [6.07, 6.45) is 4.27. The molecule has 0 unspecified atom stereocenters. The van der Waals surface area contributed by atoms with E-state index in [0.717, 1.165) is 23.1 Å². The summed E-state index contributed by atoms with van der Waals surface area (Å²) in [4.78, 5) is 22.5. The van der Waals surface area contributed by atoms with Gasteiger partial charge in [-0.3, -0.25) is 4.79 Å². The molecule has 1 fully saturated rings. The number of benzene rings is 1. The summed E-state index contributed by atoms with van der Waals surface area (Å²) in [7, 11) is 0. The fourth-order valence-corrected chi connectivity index (χ4v) is 3.84. The minimum atomic E-state index is -0.517. The smallest absolute Gasteiger partial charge is 0.232 e. The Morgan fingerprint density at radius 3 is 2.42 bits per heavy atom. The monoisotopic (exact) mass is 397 g/mol. The first kappa shape index (κ1) is 20.6. The number of carbonyl (C=O) groups is 1. The maximum absolute atomic E-state index is 13.3. The molecular weight excluding hydrogens is 373 g/mol. The van der Waals surface area contributed by atoms with Gasteiger partial charge >= 0.3 is 0 Å². The zero-order chi connectivity index (χ0) is 18.0. The van der Waals surface area contributed by atoms with Crippen LogP contribution in [0.15, 0.2) is 30.5 Å². The molecule has 0 atom stereocenters. The van der Waals surface area contributed by atoms with Gasteiger partial charge in [-0.2, -0.15) is 0 Å². The van der Waals surface area contributed by atoms with E-state index in [-0.39, 0.29) is 24.1 Å². The van der Waals surface area contributed by atoms with Gasteiger partial charge in [0.05, 0.1) is 6.54 Å². The largest absolute Gasteiger partial charge is 0.348 e. The standard InChI is InChI=1S/C19H24FN3OS.ClH/c1-19(2,3)17(24)23(15-8-6-14(20)7-9-15)13-16-12-21-18(25-16)22-10-4-5-11-22;/h6-9,12H,4-5,10-11,13H2,1-3H3;1H. The average molecular weight is 398 g/mol. The van der Waals surface area contributed by atoms with E-state index in [1.807, 2.05) is 27.0 Å². The third-order valence-corrected chi connectivity index (χ3v) is 5.30. The van der Waals surface area contributed by atoms with Crippen LogP contribution in [0, 0.1) is 11.2 Å². The number of nitrogens with zero attached hydrogens (tertiary/aromatic N) is 3. The number of rotatable bonds is 4. The number of anilines is 2. The van der Waals surface area contributed by atoms with Crippen molar-refractivity contribution in [2.75, 3.05) is 22.9 Å². The number of carbonyl (C=O) groups excluding carboxylic acids is 1. The van der Waals surface area contributed by atoms with Crippen molar-refractivity contribution in [3.05, 3.63) is 41.2 Å². The van der Waals surface area contributed by atoms with E-state index in [2.05, 4.69) is 9.88 Å². The van der Waals surface area contributed by atoms with Crippen LogP contribution in [0.3, 0.4) is 0 Å². The highest BCUT2D eigenvalue weighted by atomic mass is 35.5. The topological polar surface area (TPSA) is 36.4 Å². The molecule has 1 amide bonds. The minimum absolute atomic E-state index is 0. The van der Waals surface area contributed by atoms with Crippen LogP contribution >= 0.6 is 23.7 Å². The van der Waals surface area contributed by atoms with E-state index in [0.29, 0.717) is 12.2 Å². The van der Waals surface area contributed by atoms with Gasteiger partial charge in [0.2, 0.25) is 5.91 Å². The molecule has 142 valence electrons. The predicted molar refractivity (Wildman–Crippen MR) is 108 cm³/mol. The van der Waals surface area contributed by atoms with Crippen molar-refractivity contribution in [3.8, 4) is 0 Å². The van der Waals surface area contributed by atoms with Gasteiger partial charge in [0, 0.05) is 35.3 Å². The summed E-state index contributed by atoms with van der Waals surface area (Å²) in [6, 6.07) is 6.09. The fourth-order valence-electron chi connectivity index (χ4n) is 2.89. The Kier molecular flexibility index (Phi) is 6.64. The summed E-state index contributed by atoms with van der Waals surface area (Å²) in [5.74, 6) is -0.295. The highest BCUT2D eigenvalue weighted by Crippen LogP contribution is 2.30. The van der Waals surface area contributed by atoms with Crippen molar-refractivity contribution in [2.45, 2.75) is 40.2 Å². The first-order valence-corrected chi connectivity index (χ1v) is 9.43. The summed E-state index contributed by atoms with van der Waals surface area (Å²) in [5.41, 5.74) is 0.189. The lowest BCUT2D eigenvalue weighted by Crippen LogP contribution is -2.39. The zero-order valence-corrected chi connectivity index (χ0v) is 17.0. The van der Waals surface area contributed by atoms with E-state index < -0.39 is 5.41 Å². The highest BCUT2D eigenvalue weighted by molar-refractivity contribution is 7.15. The van der Waals surface area contributed by atoms with Crippen molar-refractivity contribution in [1.29, 1.82) is 0 Å². The van der Waals surface area contributed by atoms with E-state index in [9.17, 15) is 9.18 Å². The Morgan fingerprint density at radius 1 is 1.23 bits per heavy atom. The Hall–Kier alpha value is -1.66. The number of hydrogen-bond donors (Lipinski definition) is 0. The predicted octanol–water partition coefficient (Wildman–Crippen LogP) is 4.88. The number of aromatic nitrogens is 1. The number of amides is 1. The zero-order valence-electron chi connectivity index (χ0n) is 15.4. The Labute approximate surface area is 164 Å². The average Bonchev–Trinajstić information content (AvgIpc) is 3.23. The second kappa shape index (κ2) is 8.35. The molecule has 1 aliphatic rings. The SMILES string of the molecule is CC(C)(C)C(=O)N(Cc1cnc(N2CCCC2)s1)c1ccc(F)cc1.Cl. The molecule has 7 heteroatoms. The van der Waals surface area contributed by atoms with Crippen molar-refractivity contribution in [3.63, 3.8) is 0 Å². The van der Waals surface area contributed by atoms with Crippen molar-refractivity contribution in [2.24, 2.45) is 5.41 Å². The molecule has 3 rings (SSSR count). The van der Waals surface area contributed by atoms with Crippen LogP contribution < -0.4 is 9.80 Å². The molecule has 0 bridgehead atoms. The molecule has 0 aliphatic carbocycles. The van der Waals surface area contributed by atoms with Gasteiger partial charge in [-0.15, -0.1) is 23.7 Å². The number of thiazole rings is 1. The van der Waals surface area contributed by atoms with Gasteiger partial charge in [0.25, 0.3) is 0 Å². The third-order valence-electron chi connectivity index (χ3n) is 4.26. The van der Waals surface area contributed by atoms with Gasteiger partial charge in [0.1, 0.15) is 5.82 Å². The van der Waals surface area contributed by atoms with Crippen LogP contribution in [-0.2, 0) is 11.3 Å². The van der Waals surface area contributed by atoms with Crippen LogP contribution in [0.2, 0.25) is 0 Å². The second-order valence-corrected chi connectivity index (χ2v) is 8.51. The quantitative estimate of drug-likeness (QED) is 0.737. The number of hydrogen-bond acceptors (Lipinski definition) is 4. The first-order valence-electron chi connectivity index (χ1n) is 8.62. The molecule has 1 aromatic heterocycles. The van der Waals surface area contributed by atoms with Gasteiger partial charge in [0.15, 0.2) is 5.13 Å². The van der Waals surface area contributed by atoms with Crippen LogP contribution in [0.1, 0.15) is 38.5 Å². The van der Waals surface area contributed by atoms with Crippen LogP contribution in [-0.4, -0.2) is 24.0 Å². The molecule has 0 radical (unpaired) electrons. The molecule has 1 aliphatic heterocycles. The molecule has 4 nitrogen and oxygen atoms in total. The van der Waals surface area contributed by atoms with Gasteiger partial charge < -0.3 is 9.80 Å². The summed E-state index contributed by atoms with van der Waals surface area (Å²) in [6.45, 7) is 8.24. The van der Waals surface area contributed by atoms with E-state index >= 15 is 0 Å². The van der Waals surface area contributed by atoms with Gasteiger partial charge in [-0.1, -0.05) is 20.8 Å². The van der Waals surface area contributed by atoms with Gasteiger partial charge in [-0.25, -0.2) is 9.37 Å². The van der Waals surface area contributed by atoms with E-state index in [4.69, 9.17) is 0 Å². The van der Waals surface area contributed by atoms with Crippen LogP contribution in [0.25, 0.3) is 0 Å².